The Kier molecular flexibility index (Phi) is 6.79. The lowest BCUT2D eigenvalue weighted by Crippen LogP contribution is -2.23. The third-order valence-electron chi connectivity index (χ3n) is 5.81. The molecule has 0 saturated carbocycles. The fourth-order valence-corrected chi connectivity index (χ4v) is 5.26. The zero-order valence-electron chi connectivity index (χ0n) is 18.7. The molecule has 35 heavy (non-hydrogen) atoms. The first kappa shape index (κ1) is 23.4. The Morgan fingerprint density at radius 2 is 2.03 bits per heavy atom. The van der Waals surface area contributed by atoms with Gasteiger partial charge in [0.1, 0.15) is 11.3 Å². The Morgan fingerprint density at radius 3 is 2.89 bits per heavy atom. The Hall–Kier alpha value is -3.30. The number of fused-ring (bicyclic) bond motifs is 2. The molecule has 0 aliphatic rings. The molecule has 0 unspecified atom stereocenters. The van der Waals surface area contributed by atoms with E-state index in [1.165, 1.54) is 6.07 Å². The van der Waals surface area contributed by atoms with E-state index in [-0.39, 0.29) is 10.6 Å². The maximum absolute atomic E-state index is 11.7. The van der Waals surface area contributed by atoms with Crippen molar-refractivity contribution in [3.05, 3.63) is 86.7 Å². The number of hydrogen-bond donors (Lipinski definition) is 4. The summed E-state index contributed by atoms with van der Waals surface area (Å²) >= 11 is 7.19. The maximum atomic E-state index is 11.7. The minimum atomic E-state index is -0.802. The molecule has 5 aromatic rings. The smallest absolute Gasteiger partial charge is 0.305 e. The number of nitrogens with one attached hydrogen (secondary N) is 2. The van der Waals surface area contributed by atoms with Crippen molar-refractivity contribution in [1.29, 1.82) is 0 Å². The average Bonchev–Trinajstić information content (AvgIpc) is 3.25. The summed E-state index contributed by atoms with van der Waals surface area (Å²) in [6, 6.07) is 16.8. The number of aliphatic hydroxyl groups excluding tert-OH is 1. The second-order valence-corrected chi connectivity index (χ2v) is 9.68. The number of hydrogen-bond acceptors (Lipinski definition) is 7. The highest BCUT2D eigenvalue weighted by Crippen LogP contribution is 2.31. The van der Waals surface area contributed by atoms with E-state index >= 15 is 0 Å². The molecule has 7 nitrogen and oxygen atoms in total. The highest BCUT2D eigenvalue weighted by atomic mass is 35.5. The number of aliphatic hydroxyl groups is 1. The van der Waals surface area contributed by atoms with Gasteiger partial charge in [0.25, 0.3) is 0 Å². The van der Waals surface area contributed by atoms with Crippen molar-refractivity contribution in [2.45, 2.75) is 18.9 Å². The summed E-state index contributed by atoms with van der Waals surface area (Å²) in [5.41, 5.74) is 4.52. The van der Waals surface area contributed by atoms with Crippen LogP contribution in [0.25, 0.3) is 32.4 Å². The standard InChI is InChI=1S/C26H23ClN4O3S/c27-17-6-1-4-15(12-17)23-22-16(5-2-11-29-22)13-18(30-23)7-3-10-28-14-21(33)19-8-9-20(32)24-25(19)35-26(34)31-24/h1-2,4-6,8-9,11-13,21,28,32-33H,3,7,10,14H2,(H,31,34)/t21-/m0/s1. The second kappa shape index (κ2) is 10.1. The molecular weight excluding hydrogens is 484 g/mol. The lowest BCUT2D eigenvalue weighted by Gasteiger charge is -2.14. The number of aromatic nitrogens is 3. The average molecular weight is 507 g/mol. The van der Waals surface area contributed by atoms with Crippen LogP contribution in [0.2, 0.25) is 5.02 Å². The van der Waals surface area contributed by atoms with E-state index in [0.717, 1.165) is 52.0 Å². The molecule has 0 aliphatic heterocycles. The van der Waals surface area contributed by atoms with Crippen LogP contribution in [0.3, 0.4) is 0 Å². The molecule has 0 radical (unpaired) electrons. The molecule has 9 heteroatoms. The lowest BCUT2D eigenvalue weighted by molar-refractivity contribution is 0.176. The van der Waals surface area contributed by atoms with Gasteiger partial charge in [0, 0.05) is 40.0 Å². The van der Waals surface area contributed by atoms with E-state index in [0.29, 0.717) is 33.9 Å². The van der Waals surface area contributed by atoms with Crippen LogP contribution in [0.1, 0.15) is 23.8 Å². The largest absolute Gasteiger partial charge is 0.506 e. The zero-order chi connectivity index (χ0) is 24.4. The fraction of sp³-hybridized carbons (Fsp3) is 0.192. The first-order chi connectivity index (χ1) is 17.0. The molecule has 3 heterocycles. The van der Waals surface area contributed by atoms with Gasteiger partial charge in [-0.3, -0.25) is 14.8 Å². The molecule has 0 amide bonds. The molecule has 0 aliphatic carbocycles. The van der Waals surface area contributed by atoms with E-state index in [9.17, 15) is 15.0 Å². The van der Waals surface area contributed by atoms with E-state index in [2.05, 4.69) is 21.4 Å². The zero-order valence-corrected chi connectivity index (χ0v) is 20.2. The highest BCUT2D eigenvalue weighted by Gasteiger charge is 2.16. The second-order valence-electron chi connectivity index (χ2n) is 8.26. The number of aromatic amines is 1. The first-order valence-corrected chi connectivity index (χ1v) is 12.4. The Morgan fingerprint density at radius 1 is 1.14 bits per heavy atom. The van der Waals surface area contributed by atoms with Gasteiger partial charge >= 0.3 is 4.87 Å². The van der Waals surface area contributed by atoms with E-state index in [4.69, 9.17) is 16.6 Å². The Labute approximate surface area is 210 Å². The van der Waals surface area contributed by atoms with Crippen LogP contribution < -0.4 is 10.2 Å². The van der Waals surface area contributed by atoms with Gasteiger partial charge in [-0.25, -0.2) is 0 Å². The number of thiazole rings is 1. The van der Waals surface area contributed by atoms with Crippen LogP contribution in [-0.2, 0) is 6.42 Å². The topological polar surface area (TPSA) is 111 Å². The molecule has 4 N–H and O–H groups in total. The van der Waals surface area contributed by atoms with Crippen LogP contribution >= 0.6 is 22.9 Å². The van der Waals surface area contributed by atoms with Crippen LogP contribution in [0.5, 0.6) is 5.75 Å². The van der Waals surface area contributed by atoms with Crippen LogP contribution in [0, 0.1) is 0 Å². The van der Waals surface area contributed by atoms with Crippen molar-refractivity contribution in [3.8, 4) is 17.0 Å². The first-order valence-electron chi connectivity index (χ1n) is 11.2. The van der Waals surface area contributed by atoms with Crippen LogP contribution in [0.4, 0.5) is 0 Å². The monoisotopic (exact) mass is 506 g/mol. The van der Waals surface area contributed by atoms with Crippen molar-refractivity contribution >= 4 is 44.1 Å². The summed E-state index contributed by atoms with van der Waals surface area (Å²) in [6.45, 7) is 1.01. The lowest BCUT2D eigenvalue weighted by atomic mass is 10.1. The summed E-state index contributed by atoms with van der Waals surface area (Å²) in [5.74, 6) is -0.00233. The van der Waals surface area contributed by atoms with Gasteiger partial charge in [-0.2, -0.15) is 0 Å². The molecular formula is C26H23ClN4O3S. The number of H-pyrrole nitrogens is 1. The third kappa shape index (κ3) is 5.06. The predicted octanol–water partition coefficient (Wildman–Crippen LogP) is 4.81. The third-order valence-corrected chi connectivity index (χ3v) is 6.98. The molecule has 0 spiro atoms. The fourth-order valence-electron chi connectivity index (χ4n) is 4.15. The van der Waals surface area contributed by atoms with Gasteiger partial charge in [-0.15, -0.1) is 0 Å². The summed E-state index contributed by atoms with van der Waals surface area (Å²) in [4.78, 5) is 23.5. The molecule has 178 valence electrons. The van der Waals surface area contributed by atoms with Crippen molar-refractivity contribution in [2.24, 2.45) is 0 Å². The van der Waals surface area contributed by atoms with Gasteiger partial charge in [-0.1, -0.05) is 47.2 Å². The number of aryl methyl sites for hydroxylation is 1. The minimum absolute atomic E-state index is 0.00233. The van der Waals surface area contributed by atoms with E-state index in [1.54, 1.807) is 12.3 Å². The molecule has 3 aromatic heterocycles. The SMILES string of the molecule is O=c1[nH]c2c(O)ccc([C@@H](O)CNCCCc3cc4cccnc4c(-c4cccc(Cl)c4)n3)c2s1. The van der Waals surface area contributed by atoms with Crippen molar-refractivity contribution < 1.29 is 10.2 Å². The van der Waals surface area contributed by atoms with Crippen molar-refractivity contribution in [2.75, 3.05) is 13.1 Å². The number of rotatable bonds is 8. The summed E-state index contributed by atoms with van der Waals surface area (Å²) in [6.07, 6.45) is 2.54. The number of pyridine rings is 2. The van der Waals surface area contributed by atoms with Gasteiger partial charge < -0.3 is 20.5 Å². The molecule has 5 rings (SSSR count). The number of aromatic hydroxyl groups is 1. The highest BCUT2D eigenvalue weighted by molar-refractivity contribution is 7.16. The number of halogens is 1. The predicted molar refractivity (Wildman–Crippen MR) is 140 cm³/mol. The maximum Gasteiger partial charge on any atom is 0.305 e. The molecule has 0 bridgehead atoms. The molecule has 0 saturated heterocycles. The van der Waals surface area contributed by atoms with E-state index < -0.39 is 6.10 Å². The van der Waals surface area contributed by atoms with Gasteiger partial charge in [-0.05, 0) is 49.7 Å². The van der Waals surface area contributed by atoms with Gasteiger partial charge in [0.2, 0.25) is 0 Å². The molecule has 0 fully saturated rings. The number of nitrogens with zero attached hydrogens (tertiary/aromatic N) is 2. The summed E-state index contributed by atoms with van der Waals surface area (Å²) in [7, 11) is 0. The normalized spacial score (nSPS) is 12.4. The van der Waals surface area contributed by atoms with Crippen LogP contribution in [-0.4, -0.2) is 38.3 Å². The molecule has 2 aromatic carbocycles. The van der Waals surface area contributed by atoms with Crippen molar-refractivity contribution in [3.63, 3.8) is 0 Å². The van der Waals surface area contributed by atoms with Gasteiger partial charge in [0.05, 0.1) is 22.0 Å². The van der Waals surface area contributed by atoms with Crippen LogP contribution in [0.15, 0.2) is 65.6 Å². The number of benzene rings is 2. The quantitative estimate of drug-likeness (QED) is 0.225. The summed E-state index contributed by atoms with van der Waals surface area (Å²) < 4.78 is 0.576. The van der Waals surface area contributed by atoms with E-state index in [1.807, 2.05) is 36.4 Å². The minimum Gasteiger partial charge on any atom is -0.506 e. The molecule has 1 atom stereocenters. The van der Waals surface area contributed by atoms with Gasteiger partial charge in [0.15, 0.2) is 0 Å². The summed E-state index contributed by atoms with van der Waals surface area (Å²) in [5, 5.41) is 25.5. The Balaban J connectivity index is 1.25. The Bertz CT molecular complexity index is 1570. The number of phenols is 1. The van der Waals surface area contributed by atoms with Crippen molar-refractivity contribution in [1.82, 2.24) is 20.3 Å². The number of phenolic OH excluding ortho intramolecular Hbond substituents is 1.